The Morgan fingerprint density at radius 3 is 1.18 bits per heavy atom. The summed E-state index contributed by atoms with van der Waals surface area (Å²) in [4.78, 5) is 23.5. The number of carbonyl (C=O) groups excluding carboxylic acids is 2. The lowest BCUT2D eigenvalue weighted by molar-refractivity contribution is -0.152. The summed E-state index contributed by atoms with van der Waals surface area (Å²) in [5.74, 6) is -0.370. The van der Waals surface area contributed by atoms with E-state index in [0.717, 1.165) is 25.7 Å². The van der Waals surface area contributed by atoms with Gasteiger partial charge in [0.2, 0.25) is 0 Å². The molecule has 0 saturated heterocycles. The second kappa shape index (κ2) is 27.7. The average molecular weight is 479 g/mol. The second-order valence-electron chi connectivity index (χ2n) is 9.28. The van der Waals surface area contributed by atoms with Crippen LogP contribution in [0.1, 0.15) is 142 Å². The summed E-state index contributed by atoms with van der Waals surface area (Å²) >= 11 is 0. The van der Waals surface area contributed by atoms with Gasteiger partial charge in [-0.25, -0.2) is 0 Å². The van der Waals surface area contributed by atoms with Crippen molar-refractivity contribution in [3.05, 3.63) is 24.3 Å². The molecule has 0 saturated carbocycles. The van der Waals surface area contributed by atoms with E-state index in [0.29, 0.717) is 12.8 Å². The summed E-state index contributed by atoms with van der Waals surface area (Å²) in [7, 11) is 0. The second-order valence-corrected chi connectivity index (χ2v) is 9.28. The van der Waals surface area contributed by atoms with Crippen LogP contribution in [0.25, 0.3) is 0 Å². The average Bonchev–Trinajstić information content (AvgIpc) is 2.83. The molecule has 198 valence electrons. The van der Waals surface area contributed by atoms with Gasteiger partial charge in [0, 0.05) is 12.8 Å². The molecule has 0 aliphatic heterocycles. The molecule has 0 heterocycles. The standard InChI is InChI=1S/C30H54O4/c1-3-5-7-9-11-13-15-17-19-21-23-25-29(31)33-27-28-34-30(32)26-24-22-20-18-16-14-12-10-8-6-4-2/h9-12H,3-8,13-28H2,1-2H3. The summed E-state index contributed by atoms with van der Waals surface area (Å²) in [5.41, 5.74) is 0. The summed E-state index contributed by atoms with van der Waals surface area (Å²) in [6.45, 7) is 4.78. The SMILES string of the molecule is CCCCC=CCCCCCCCC(=O)OCCOC(=O)CCCCCCCC=CCCCC. The van der Waals surface area contributed by atoms with E-state index < -0.39 is 0 Å². The first kappa shape index (κ1) is 32.4. The molecule has 0 aromatic rings. The molecule has 0 bridgehead atoms. The molecule has 0 rings (SSSR count). The van der Waals surface area contributed by atoms with Crippen molar-refractivity contribution in [1.29, 1.82) is 0 Å². The number of carbonyl (C=O) groups is 2. The first-order valence-corrected chi connectivity index (χ1v) is 14.3. The largest absolute Gasteiger partial charge is 0.462 e. The van der Waals surface area contributed by atoms with Gasteiger partial charge in [0.15, 0.2) is 0 Å². The minimum absolute atomic E-state index is 0.167. The highest BCUT2D eigenvalue weighted by atomic mass is 16.6. The Hall–Kier alpha value is -1.58. The fourth-order valence-corrected chi connectivity index (χ4v) is 3.69. The third kappa shape index (κ3) is 26.7. The van der Waals surface area contributed by atoms with Gasteiger partial charge in [0.05, 0.1) is 0 Å². The number of allylic oxidation sites excluding steroid dienone is 4. The van der Waals surface area contributed by atoms with Gasteiger partial charge in [0.1, 0.15) is 13.2 Å². The number of ether oxygens (including phenoxy) is 2. The van der Waals surface area contributed by atoms with Gasteiger partial charge in [-0.2, -0.15) is 0 Å². The van der Waals surface area contributed by atoms with Gasteiger partial charge < -0.3 is 9.47 Å². The molecule has 0 N–H and O–H groups in total. The third-order valence-electron chi connectivity index (χ3n) is 5.89. The summed E-state index contributed by atoms with van der Waals surface area (Å²) < 4.78 is 10.3. The molecule has 0 radical (unpaired) electrons. The Morgan fingerprint density at radius 1 is 0.471 bits per heavy atom. The quantitative estimate of drug-likeness (QED) is 0.0746. The van der Waals surface area contributed by atoms with E-state index >= 15 is 0 Å². The number of rotatable bonds is 25. The van der Waals surface area contributed by atoms with Crippen LogP contribution in [0.5, 0.6) is 0 Å². The van der Waals surface area contributed by atoms with Crippen LogP contribution in [-0.2, 0) is 19.1 Å². The van der Waals surface area contributed by atoms with Crippen LogP contribution in [-0.4, -0.2) is 25.2 Å². The van der Waals surface area contributed by atoms with E-state index in [-0.39, 0.29) is 25.2 Å². The Morgan fingerprint density at radius 2 is 0.794 bits per heavy atom. The van der Waals surface area contributed by atoms with E-state index in [1.54, 1.807) is 0 Å². The van der Waals surface area contributed by atoms with Gasteiger partial charge in [-0.05, 0) is 51.4 Å². The molecule has 0 aromatic heterocycles. The lowest BCUT2D eigenvalue weighted by atomic mass is 10.1. The zero-order chi connectivity index (χ0) is 25.0. The van der Waals surface area contributed by atoms with Crippen LogP contribution in [0.15, 0.2) is 24.3 Å². The highest BCUT2D eigenvalue weighted by Crippen LogP contribution is 2.10. The molecular formula is C30H54O4. The number of hydrogen-bond donors (Lipinski definition) is 0. The molecule has 4 heteroatoms. The van der Waals surface area contributed by atoms with Crippen molar-refractivity contribution < 1.29 is 19.1 Å². The van der Waals surface area contributed by atoms with E-state index in [4.69, 9.17) is 9.47 Å². The molecule has 0 amide bonds. The highest BCUT2D eigenvalue weighted by molar-refractivity contribution is 5.70. The predicted molar refractivity (Wildman–Crippen MR) is 144 cm³/mol. The van der Waals surface area contributed by atoms with Crippen molar-refractivity contribution >= 4 is 11.9 Å². The van der Waals surface area contributed by atoms with Crippen LogP contribution >= 0.6 is 0 Å². The zero-order valence-corrected chi connectivity index (χ0v) is 22.5. The Bertz CT molecular complexity index is 464. The van der Waals surface area contributed by atoms with Crippen molar-refractivity contribution in [2.24, 2.45) is 0 Å². The zero-order valence-electron chi connectivity index (χ0n) is 22.5. The van der Waals surface area contributed by atoms with E-state index in [1.165, 1.54) is 89.9 Å². The van der Waals surface area contributed by atoms with E-state index in [2.05, 4.69) is 38.2 Å². The van der Waals surface area contributed by atoms with Crippen molar-refractivity contribution in [3.63, 3.8) is 0 Å². The minimum atomic E-state index is -0.185. The fourth-order valence-electron chi connectivity index (χ4n) is 3.69. The highest BCUT2D eigenvalue weighted by Gasteiger charge is 2.05. The summed E-state index contributed by atoms with van der Waals surface area (Å²) in [6, 6.07) is 0. The Balaban J connectivity index is 3.35. The molecule has 0 unspecified atom stereocenters. The predicted octanol–water partition coefficient (Wildman–Crippen LogP) is 9.03. The van der Waals surface area contributed by atoms with Crippen molar-refractivity contribution in [3.8, 4) is 0 Å². The molecule has 0 atom stereocenters. The van der Waals surface area contributed by atoms with E-state index in [9.17, 15) is 9.59 Å². The van der Waals surface area contributed by atoms with Gasteiger partial charge in [0.25, 0.3) is 0 Å². The van der Waals surface area contributed by atoms with Crippen LogP contribution < -0.4 is 0 Å². The number of unbranched alkanes of at least 4 members (excludes halogenated alkanes) is 14. The normalized spacial score (nSPS) is 11.5. The molecule has 0 fully saturated rings. The maximum Gasteiger partial charge on any atom is 0.305 e. The first-order valence-electron chi connectivity index (χ1n) is 14.3. The number of esters is 2. The van der Waals surface area contributed by atoms with Crippen LogP contribution in [0.3, 0.4) is 0 Å². The smallest absolute Gasteiger partial charge is 0.305 e. The van der Waals surface area contributed by atoms with Crippen molar-refractivity contribution in [2.45, 2.75) is 142 Å². The molecule has 4 nitrogen and oxygen atoms in total. The number of hydrogen-bond acceptors (Lipinski definition) is 4. The molecular weight excluding hydrogens is 424 g/mol. The van der Waals surface area contributed by atoms with Crippen LogP contribution in [0.2, 0.25) is 0 Å². The fraction of sp³-hybridized carbons (Fsp3) is 0.800. The van der Waals surface area contributed by atoms with Gasteiger partial charge in [-0.15, -0.1) is 0 Å². The third-order valence-corrected chi connectivity index (χ3v) is 5.89. The first-order chi connectivity index (χ1) is 16.7. The summed E-state index contributed by atoms with van der Waals surface area (Å²) in [5, 5.41) is 0. The van der Waals surface area contributed by atoms with Gasteiger partial charge in [-0.3, -0.25) is 9.59 Å². The lowest BCUT2D eigenvalue weighted by Crippen LogP contribution is -2.13. The van der Waals surface area contributed by atoms with Crippen molar-refractivity contribution in [2.75, 3.05) is 13.2 Å². The maximum atomic E-state index is 11.8. The topological polar surface area (TPSA) is 52.6 Å². The van der Waals surface area contributed by atoms with Gasteiger partial charge >= 0.3 is 11.9 Å². The Labute approximate surface area is 210 Å². The van der Waals surface area contributed by atoms with Crippen molar-refractivity contribution in [1.82, 2.24) is 0 Å². The molecule has 0 aliphatic rings. The maximum absolute atomic E-state index is 11.8. The molecule has 0 aliphatic carbocycles. The van der Waals surface area contributed by atoms with Crippen LogP contribution in [0, 0.1) is 0 Å². The molecule has 0 spiro atoms. The lowest BCUT2D eigenvalue weighted by Gasteiger charge is -2.07. The van der Waals surface area contributed by atoms with E-state index in [1.807, 2.05) is 0 Å². The Kier molecular flexibility index (Phi) is 26.4. The molecule has 0 aromatic carbocycles. The molecule has 34 heavy (non-hydrogen) atoms. The summed E-state index contributed by atoms with van der Waals surface area (Å²) in [6.07, 6.45) is 31.1. The van der Waals surface area contributed by atoms with Gasteiger partial charge in [-0.1, -0.05) is 102 Å². The van der Waals surface area contributed by atoms with Crippen LogP contribution in [0.4, 0.5) is 0 Å². The monoisotopic (exact) mass is 478 g/mol. The minimum Gasteiger partial charge on any atom is -0.462 e.